The summed E-state index contributed by atoms with van der Waals surface area (Å²) in [6.07, 6.45) is 2.41. The van der Waals surface area contributed by atoms with Crippen LogP contribution < -0.4 is 10.6 Å². The first-order chi connectivity index (χ1) is 12.1. The van der Waals surface area contributed by atoms with E-state index in [1.54, 1.807) is 25.3 Å². The molecule has 0 bridgehead atoms. The number of benzene rings is 1. The van der Waals surface area contributed by atoms with Crippen LogP contribution in [0.2, 0.25) is 5.02 Å². The molecule has 0 saturated carbocycles. The molecule has 1 aromatic carbocycles. The van der Waals surface area contributed by atoms with Gasteiger partial charge in [0.1, 0.15) is 11.5 Å². The zero-order valence-electron chi connectivity index (χ0n) is 13.6. The van der Waals surface area contributed by atoms with Crippen LogP contribution in [0.5, 0.6) is 0 Å². The minimum atomic E-state index is -0.341. The number of carbonyl (C=O) groups is 1. The molecule has 25 heavy (non-hydrogen) atoms. The average molecular weight is 357 g/mol. The fourth-order valence-corrected chi connectivity index (χ4v) is 2.53. The number of carbonyl (C=O) groups excluding carboxylic acids is 1. The maximum atomic E-state index is 12.2. The molecule has 0 radical (unpaired) electrons. The first kappa shape index (κ1) is 17.0. The quantitative estimate of drug-likeness (QED) is 0.699. The van der Waals surface area contributed by atoms with Gasteiger partial charge in [-0.05, 0) is 43.2 Å². The van der Waals surface area contributed by atoms with Gasteiger partial charge in [-0.2, -0.15) is 0 Å². The lowest BCUT2D eigenvalue weighted by molar-refractivity contribution is 0.102. The number of rotatable bonds is 6. The van der Waals surface area contributed by atoms with Crippen molar-refractivity contribution in [2.75, 3.05) is 17.2 Å². The second kappa shape index (κ2) is 7.81. The van der Waals surface area contributed by atoms with Crippen LogP contribution in [-0.2, 0) is 6.42 Å². The summed E-state index contributed by atoms with van der Waals surface area (Å²) >= 11 is 5.98. The molecule has 3 aromatic rings. The fourth-order valence-electron chi connectivity index (χ4n) is 2.31. The highest BCUT2D eigenvalue weighted by Crippen LogP contribution is 2.13. The van der Waals surface area contributed by atoms with Crippen LogP contribution in [0, 0.1) is 6.92 Å². The molecule has 0 saturated heterocycles. The molecule has 0 unspecified atom stereocenters. The number of hydrogen-bond acceptors (Lipinski definition) is 5. The highest BCUT2D eigenvalue weighted by Gasteiger charge is 2.10. The van der Waals surface area contributed by atoms with Crippen LogP contribution in [0.25, 0.3) is 0 Å². The van der Waals surface area contributed by atoms with Gasteiger partial charge in [-0.3, -0.25) is 9.78 Å². The van der Waals surface area contributed by atoms with Gasteiger partial charge < -0.3 is 15.2 Å². The van der Waals surface area contributed by atoms with E-state index >= 15 is 0 Å². The number of amides is 1. The van der Waals surface area contributed by atoms with E-state index in [1.165, 1.54) is 0 Å². The summed E-state index contributed by atoms with van der Waals surface area (Å²) < 4.78 is 4.92. The van der Waals surface area contributed by atoms with Crippen LogP contribution in [0.3, 0.4) is 0 Å². The Bertz CT molecular complexity index is 879. The average Bonchev–Trinajstić information content (AvgIpc) is 3.00. The number of anilines is 2. The second-order valence-electron chi connectivity index (χ2n) is 5.51. The number of halogens is 1. The third-order valence-corrected chi connectivity index (χ3v) is 3.73. The SMILES string of the molecule is Cc1cc(NC(=O)c2cc(NCCc3cccc(Cl)c3)ccn2)no1. The Morgan fingerprint density at radius 2 is 2.12 bits per heavy atom. The summed E-state index contributed by atoms with van der Waals surface area (Å²) in [4.78, 5) is 16.3. The van der Waals surface area contributed by atoms with Crippen molar-refractivity contribution in [2.45, 2.75) is 13.3 Å². The van der Waals surface area contributed by atoms with Crippen LogP contribution in [0.15, 0.2) is 53.2 Å². The molecule has 7 heteroatoms. The van der Waals surface area contributed by atoms with Crippen molar-refractivity contribution in [1.82, 2.24) is 10.1 Å². The Hall–Kier alpha value is -2.86. The standard InChI is InChI=1S/C18H17ClN4O2/c1-12-9-17(23-25-12)22-18(24)16-11-15(6-8-21-16)20-7-5-13-3-2-4-14(19)10-13/h2-4,6,8-11H,5,7H2,1H3,(H,20,21)(H,22,23,24). The Morgan fingerprint density at radius 1 is 1.24 bits per heavy atom. The number of pyridine rings is 1. The van der Waals surface area contributed by atoms with E-state index in [-0.39, 0.29) is 5.91 Å². The van der Waals surface area contributed by atoms with Crippen LogP contribution >= 0.6 is 11.6 Å². The molecular formula is C18H17ClN4O2. The second-order valence-corrected chi connectivity index (χ2v) is 5.95. The van der Waals surface area contributed by atoms with Gasteiger partial charge in [0.2, 0.25) is 0 Å². The van der Waals surface area contributed by atoms with Crippen molar-refractivity contribution in [3.8, 4) is 0 Å². The van der Waals surface area contributed by atoms with Crippen LogP contribution in [0.1, 0.15) is 21.8 Å². The summed E-state index contributed by atoms with van der Waals surface area (Å²) in [5.74, 6) is 0.648. The molecule has 128 valence electrons. The molecule has 0 aliphatic heterocycles. The smallest absolute Gasteiger partial charge is 0.275 e. The molecule has 0 aliphatic rings. The molecule has 0 spiro atoms. The van der Waals surface area contributed by atoms with Gasteiger partial charge >= 0.3 is 0 Å². The van der Waals surface area contributed by atoms with Crippen molar-refractivity contribution in [3.05, 3.63) is 70.7 Å². The maximum Gasteiger partial charge on any atom is 0.275 e. The van der Waals surface area contributed by atoms with E-state index in [2.05, 4.69) is 20.8 Å². The predicted octanol–water partition coefficient (Wildman–Crippen LogP) is 3.94. The summed E-state index contributed by atoms with van der Waals surface area (Å²) in [5.41, 5.74) is 2.26. The summed E-state index contributed by atoms with van der Waals surface area (Å²) in [6.45, 7) is 2.47. The van der Waals surface area contributed by atoms with Gasteiger partial charge in [0, 0.05) is 29.5 Å². The third-order valence-electron chi connectivity index (χ3n) is 3.49. The van der Waals surface area contributed by atoms with E-state index in [0.717, 1.165) is 22.7 Å². The first-order valence-corrected chi connectivity index (χ1v) is 8.17. The van der Waals surface area contributed by atoms with E-state index in [4.69, 9.17) is 16.1 Å². The molecule has 2 N–H and O–H groups in total. The van der Waals surface area contributed by atoms with Gasteiger partial charge in [-0.25, -0.2) is 0 Å². The zero-order chi connectivity index (χ0) is 17.6. The zero-order valence-corrected chi connectivity index (χ0v) is 14.4. The van der Waals surface area contributed by atoms with Gasteiger partial charge in [-0.15, -0.1) is 0 Å². The molecule has 0 atom stereocenters. The Labute approximate surface area is 150 Å². The van der Waals surface area contributed by atoms with Gasteiger partial charge in [0.05, 0.1) is 0 Å². The highest BCUT2D eigenvalue weighted by molar-refractivity contribution is 6.30. The first-order valence-electron chi connectivity index (χ1n) is 7.79. The van der Waals surface area contributed by atoms with E-state index in [9.17, 15) is 4.79 Å². The number of hydrogen-bond donors (Lipinski definition) is 2. The molecule has 1 amide bonds. The predicted molar refractivity (Wildman–Crippen MR) is 97.1 cm³/mol. The molecule has 2 aromatic heterocycles. The lowest BCUT2D eigenvalue weighted by Gasteiger charge is -2.08. The molecule has 3 rings (SSSR count). The number of nitrogens with one attached hydrogen (secondary N) is 2. The minimum absolute atomic E-state index is 0.299. The van der Waals surface area contributed by atoms with E-state index < -0.39 is 0 Å². The largest absolute Gasteiger partial charge is 0.385 e. The lowest BCUT2D eigenvalue weighted by Crippen LogP contribution is -2.14. The summed E-state index contributed by atoms with van der Waals surface area (Å²) in [5, 5.41) is 10.4. The molecule has 2 heterocycles. The van der Waals surface area contributed by atoms with Crippen molar-refractivity contribution >= 4 is 29.0 Å². The molecular weight excluding hydrogens is 340 g/mol. The van der Waals surface area contributed by atoms with E-state index in [0.29, 0.717) is 23.8 Å². The molecule has 0 fully saturated rings. The summed E-state index contributed by atoms with van der Waals surface area (Å²) in [7, 11) is 0. The van der Waals surface area contributed by atoms with Crippen LogP contribution in [-0.4, -0.2) is 22.6 Å². The topological polar surface area (TPSA) is 80.0 Å². The number of nitrogens with zero attached hydrogens (tertiary/aromatic N) is 2. The van der Waals surface area contributed by atoms with Crippen molar-refractivity contribution < 1.29 is 9.32 Å². The summed E-state index contributed by atoms with van der Waals surface area (Å²) in [6, 6.07) is 12.9. The Kier molecular flexibility index (Phi) is 5.30. The van der Waals surface area contributed by atoms with Crippen molar-refractivity contribution in [1.29, 1.82) is 0 Å². The molecule has 6 nitrogen and oxygen atoms in total. The fraction of sp³-hybridized carbons (Fsp3) is 0.167. The van der Waals surface area contributed by atoms with Gasteiger partial charge in [-0.1, -0.05) is 28.9 Å². The van der Waals surface area contributed by atoms with Crippen LogP contribution in [0.4, 0.5) is 11.5 Å². The maximum absolute atomic E-state index is 12.2. The van der Waals surface area contributed by atoms with Gasteiger partial charge in [0.25, 0.3) is 5.91 Å². The van der Waals surface area contributed by atoms with Crippen molar-refractivity contribution in [3.63, 3.8) is 0 Å². The molecule has 0 aliphatic carbocycles. The third kappa shape index (κ3) is 4.81. The lowest BCUT2D eigenvalue weighted by atomic mass is 10.1. The minimum Gasteiger partial charge on any atom is -0.385 e. The van der Waals surface area contributed by atoms with Gasteiger partial charge in [0.15, 0.2) is 5.82 Å². The Balaban J connectivity index is 1.58. The van der Waals surface area contributed by atoms with E-state index in [1.807, 2.05) is 30.3 Å². The normalized spacial score (nSPS) is 10.5. The Morgan fingerprint density at radius 3 is 2.88 bits per heavy atom. The monoisotopic (exact) mass is 356 g/mol. The highest BCUT2D eigenvalue weighted by atomic mass is 35.5. The number of aromatic nitrogens is 2. The van der Waals surface area contributed by atoms with Crippen molar-refractivity contribution in [2.24, 2.45) is 0 Å². The number of aryl methyl sites for hydroxylation is 1.